The molecule has 4 nitrogen and oxygen atoms in total. The number of hydrogen-bond acceptors (Lipinski definition) is 4. The number of aliphatic imine (C=N–C) groups is 1. The van der Waals surface area contributed by atoms with E-state index in [9.17, 15) is 4.79 Å². The molecule has 20 heavy (non-hydrogen) atoms. The monoisotopic (exact) mass is 283 g/mol. The molecule has 2 aromatic rings. The van der Waals surface area contributed by atoms with Crippen LogP contribution in [0.1, 0.15) is 15.9 Å². The van der Waals surface area contributed by atoms with Gasteiger partial charge in [0, 0.05) is 6.54 Å². The zero-order chi connectivity index (χ0) is 13.7. The van der Waals surface area contributed by atoms with Crippen molar-refractivity contribution in [1.82, 2.24) is 4.90 Å². The Kier molecular flexibility index (Phi) is 2.44. The van der Waals surface area contributed by atoms with E-state index in [1.54, 1.807) is 16.2 Å². The molecule has 0 bridgehead atoms. The van der Waals surface area contributed by atoms with Gasteiger partial charge in [-0.15, -0.1) is 11.3 Å². The number of nitrogens with zero attached hydrogens (tertiary/aromatic N) is 3. The number of rotatable bonds is 1. The molecule has 0 unspecified atom stereocenters. The predicted octanol–water partition coefficient (Wildman–Crippen LogP) is 3.02. The molecule has 0 aliphatic carbocycles. The van der Waals surface area contributed by atoms with Gasteiger partial charge < -0.3 is 0 Å². The Morgan fingerprint density at radius 1 is 1.30 bits per heavy atom. The molecule has 0 saturated heterocycles. The first-order valence-electron chi connectivity index (χ1n) is 6.56. The Balaban J connectivity index is 1.95. The number of guanidine groups is 1. The SMILES string of the molecule is Cc1csc(N2C3=NCCN3C(=O)c3ccccc32)c1. The summed E-state index contributed by atoms with van der Waals surface area (Å²) in [5.74, 6) is 0.817. The van der Waals surface area contributed by atoms with Crippen LogP contribution < -0.4 is 4.90 Å². The summed E-state index contributed by atoms with van der Waals surface area (Å²) in [6.07, 6.45) is 0. The lowest BCUT2D eigenvalue weighted by Crippen LogP contribution is -2.47. The molecule has 0 fully saturated rings. The lowest BCUT2D eigenvalue weighted by atomic mass is 10.1. The lowest BCUT2D eigenvalue weighted by Gasteiger charge is -2.34. The van der Waals surface area contributed by atoms with Gasteiger partial charge in [-0.3, -0.25) is 19.6 Å². The zero-order valence-corrected chi connectivity index (χ0v) is 11.9. The van der Waals surface area contributed by atoms with Crippen LogP contribution in [0.25, 0.3) is 0 Å². The van der Waals surface area contributed by atoms with Gasteiger partial charge in [-0.25, -0.2) is 0 Å². The molecule has 1 amide bonds. The summed E-state index contributed by atoms with van der Waals surface area (Å²) in [7, 11) is 0. The van der Waals surface area contributed by atoms with E-state index in [1.807, 2.05) is 24.3 Å². The van der Waals surface area contributed by atoms with Gasteiger partial charge in [0.15, 0.2) is 0 Å². The molecule has 4 rings (SSSR count). The van der Waals surface area contributed by atoms with Crippen molar-refractivity contribution in [2.75, 3.05) is 18.0 Å². The lowest BCUT2D eigenvalue weighted by molar-refractivity contribution is 0.0853. The van der Waals surface area contributed by atoms with Crippen molar-refractivity contribution in [3.8, 4) is 0 Å². The smallest absolute Gasteiger partial charge is 0.262 e. The molecule has 0 atom stereocenters. The molecule has 0 radical (unpaired) electrons. The van der Waals surface area contributed by atoms with Crippen LogP contribution in [-0.4, -0.2) is 29.9 Å². The summed E-state index contributed by atoms with van der Waals surface area (Å²) in [5, 5.41) is 3.22. The van der Waals surface area contributed by atoms with Crippen molar-refractivity contribution in [3.05, 3.63) is 46.8 Å². The summed E-state index contributed by atoms with van der Waals surface area (Å²) in [6.45, 7) is 3.43. The topological polar surface area (TPSA) is 35.9 Å². The summed E-state index contributed by atoms with van der Waals surface area (Å²) in [4.78, 5) is 20.9. The first kappa shape index (κ1) is 11.7. The normalized spacial score (nSPS) is 17.1. The predicted molar refractivity (Wildman–Crippen MR) is 81.0 cm³/mol. The first-order chi connectivity index (χ1) is 9.75. The molecule has 0 saturated carbocycles. The highest BCUT2D eigenvalue weighted by atomic mass is 32.1. The molecule has 1 aromatic carbocycles. The van der Waals surface area contributed by atoms with Crippen LogP contribution in [0.5, 0.6) is 0 Å². The van der Waals surface area contributed by atoms with Gasteiger partial charge in [-0.2, -0.15) is 0 Å². The summed E-state index contributed by atoms with van der Waals surface area (Å²) in [5.41, 5.74) is 2.90. The number of para-hydroxylation sites is 1. The molecular weight excluding hydrogens is 270 g/mol. The van der Waals surface area contributed by atoms with E-state index in [0.29, 0.717) is 13.1 Å². The summed E-state index contributed by atoms with van der Waals surface area (Å²) in [6, 6.07) is 9.88. The van der Waals surface area contributed by atoms with E-state index in [2.05, 4.69) is 28.3 Å². The molecule has 3 heterocycles. The molecule has 0 N–H and O–H groups in total. The second-order valence-corrected chi connectivity index (χ2v) is 5.84. The van der Waals surface area contributed by atoms with Crippen molar-refractivity contribution in [2.45, 2.75) is 6.92 Å². The number of aryl methyl sites for hydroxylation is 1. The molecule has 100 valence electrons. The van der Waals surface area contributed by atoms with E-state index >= 15 is 0 Å². The number of benzene rings is 1. The average Bonchev–Trinajstić information content (AvgIpc) is 3.09. The maximum absolute atomic E-state index is 12.5. The van der Waals surface area contributed by atoms with E-state index in [1.165, 1.54) is 5.56 Å². The standard InChI is InChI=1S/C15H13N3OS/c1-10-8-13(20-9-10)18-12-5-3-2-4-11(12)14(19)17-7-6-16-15(17)18/h2-5,8-9H,6-7H2,1H3. The fourth-order valence-electron chi connectivity index (χ4n) is 2.67. The maximum atomic E-state index is 12.5. The number of anilines is 2. The first-order valence-corrected chi connectivity index (χ1v) is 7.44. The minimum Gasteiger partial charge on any atom is -0.276 e. The molecular formula is C15H13N3OS. The largest absolute Gasteiger partial charge is 0.276 e. The van der Waals surface area contributed by atoms with E-state index in [0.717, 1.165) is 22.2 Å². The number of hydrogen-bond donors (Lipinski definition) is 0. The highest BCUT2D eigenvalue weighted by Crippen LogP contribution is 2.38. The van der Waals surface area contributed by atoms with E-state index in [4.69, 9.17) is 0 Å². The van der Waals surface area contributed by atoms with Crippen LogP contribution in [0.3, 0.4) is 0 Å². The Morgan fingerprint density at radius 3 is 2.95 bits per heavy atom. The number of carbonyl (C=O) groups excluding carboxylic acids is 1. The molecule has 1 aromatic heterocycles. The summed E-state index contributed by atoms with van der Waals surface area (Å²) >= 11 is 1.68. The minimum absolute atomic E-state index is 0.0568. The number of thiophene rings is 1. The second-order valence-electron chi connectivity index (χ2n) is 4.95. The van der Waals surface area contributed by atoms with Gasteiger partial charge >= 0.3 is 0 Å². The van der Waals surface area contributed by atoms with Crippen LogP contribution >= 0.6 is 11.3 Å². The van der Waals surface area contributed by atoms with Crippen molar-refractivity contribution in [2.24, 2.45) is 4.99 Å². The van der Waals surface area contributed by atoms with Crippen LogP contribution in [0.4, 0.5) is 10.7 Å². The number of fused-ring (bicyclic) bond motifs is 2. The Labute approximate surface area is 121 Å². The van der Waals surface area contributed by atoms with Crippen molar-refractivity contribution >= 4 is 33.9 Å². The van der Waals surface area contributed by atoms with Crippen LogP contribution in [0.2, 0.25) is 0 Å². The molecule has 2 aliphatic heterocycles. The van der Waals surface area contributed by atoms with Gasteiger partial charge in [0.25, 0.3) is 5.91 Å². The van der Waals surface area contributed by atoms with Gasteiger partial charge in [-0.1, -0.05) is 12.1 Å². The van der Waals surface area contributed by atoms with E-state index in [-0.39, 0.29) is 5.91 Å². The average molecular weight is 283 g/mol. The van der Waals surface area contributed by atoms with Gasteiger partial charge in [0.05, 0.1) is 17.8 Å². The minimum atomic E-state index is 0.0568. The van der Waals surface area contributed by atoms with Crippen LogP contribution in [0, 0.1) is 6.92 Å². The van der Waals surface area contributed by atoms with E-state index < -0.39 is 0 Å². The molecule has 5 heteroatoms. The molecule has 2 aliphatic rings. The third-order valence-corrected chi connectivity index (χ3v) is 4.61. The fourth-order valence-corrected chi connectivity index (χ4v) is 3.59. The third kappa shape index (κ3) is 1.53. The maximum Gasteiger partial charge on any atom is 0.262 e. The van der Waals surface area contributed by atoms with Crippen molar-refractivity contribution in [1.29, 1.82) is 0 Å². The van der Waals surface area contributed by atoms with Gasteiger partial charge in [0.2, 0.25) is 5.96 Å². The Bertz CT molecular complexity index is 734. The quantitative estimate of drug-likeness (QED) is 0.806. The Morgan fingerprint density at radius 2 is 2.15 bits per heavy atom. The van der Waals surface area contributed by atoms with Crippen LogP contribution in [0.15, 0.2) is 40.7 Å². The second kappa shape index (κ2) is 4.18. The highest BCUT2D eigenvalue weighted by Gasteiger charge is 2.38. The third-order valence-electron chi connectivity index (χ3n) is 3.58. The van der Waals surface area contributed by atoms with Crippen LogP contribution in [-0.2, 0) is 0 Å². The summed E-state index contributed by atoms with van der Waals surface area (Å²) < 4.78 is 0. The van der Waals surface area contributed by atoms with Gasteiger partial charge in [-0.05, 0) is 36.1 Å². The molecule has 0 spiro atoms. The van der Waals surface area contributed by atoms with Crippen molar-refractivity contribution < 1.29 is 4.79 Å². The van der Waals surface area contributed by atoms with Crippen molar-refractivity contribution in [3.63, 3.8) is 0 Å². The Hall–Kier alpha value is -2.14. The van der Waals surface area contributed by atoms with Gasteiger partial charge in [0.1, 0.15) is 5.00 Å². The fraction of sp³-hybridized carbons (Fsp3) is 0.200. The zero-order valence-electron chi connectivity index (χ0n) is 11.0. The number of carbonyl (C=O) groups is 1. The highest BCUT2D eigenvalue weighted by molar-refractivity contribution is 7.14. The number of amides is 1.